The molecule has 0 N–H and O–H groups in total. The first-order valence-electron chi connectivity index (χ1n) is 3.95. The molecule has 12 heavy (non-hydrogen) atoms. The Kier molecular flexibility index (Phi) is 2.63. The summed E-state index contributed by atoms with van der Waals surface area (Å²) in [7, 11) is 1.96. The van der Waals surface area contributed by atoms with Gasteiger partial charge in [0.2, 0.25) is 5.95 Å². The van der Waals surface area contributed by atoms with Gasteiger partial charge < -0.3 is 4.90 Å². The molecule has 0 atom stereocenters. The summed E-state index contributed by atoms with van der Waals surface area (Å²) in [5.74, 6) is -0.434. The lowest BCUT2D eigenvalue weighted by molar-refractivity contribution is 0.583. The minimum absolute atomic E-state index is 0.400. The van der Waals surface area contributed by atoms with Gasteiger partial charge in [-0.3, -0.25) is 0 Å². The largest absolute Gasteiger partial charge is 0.371 e. The average molecular weight is 168 g/mol. The predicted molar refractivity (Wildman–Crippen MR) is 47.7 cm³/mol. The molecule has 0 fully saturated rings. The molecule has 0 saturated heterocycles. The summed E-state index contributed by atoms with van der Waals surface area (Å²) in [4.78, 5) is 5.61. The van der Waals surface area contributed by atoms with Gasteiger partial charge in [0.1, 0.15) is 0 Å². The molecule has 0 unspecified atom stereocenters. The second-order valence-corrected chi connectivity index (χ2v) is 3.04. The highest BCUT2D eigenvalue weighted by molar-refractivity contribution is 5.43. The van der Waals surface area contributed by atoms with Gasteiger partial charge in [-0.25, -0.2) is 4.98 Å². The van der Waals surface area contributed by atoms with E-state index < -0.39 is 5.95 Å². The zero-order chi connectivity index (χ0) is 9.14. The van der Waals surface area contributed by atoms with Gasteiger partial charge in [0.05, 0.1) is 11.9 Å². The summed E-state index contributed by atoms with van der Waals surface area (Å²) in [5.41, 5.74) is 0.936. The van der Waals surface area contributed by atoms with Crippen LogP contribution in [-0.4, -0.2) is 18.1 Å². The first kappa shape index (κ1) is 8.97. The Morgan fingerprint density at radius 2 is 2.08 bits per heavy atom. The van der Waals surface area contributed by atoms with Crippen LogP contribution in [0.1, 0.15) is 13.8 Å². The Balaban J connectivity index is 2.82. The van der Waals surface area contributed by atoms with Gasteiger partial charge in [0, 0.05) is 13.1 Å². The molecule has 0 aliphatic rings. The summed E-state index contributed by atoms with van der Waals surface area (Å²) < 4.78 is 12.4. The normalized spacial score (nSPS) is 10.4. The first-order valence-corrected chi connectivity index (χ1v) is 3.95. The smallest absolute Gasteiger partial charge is 0.212 e. The molecule has 0 aromatic carbocycles. The van der Waals surface area contributed by atoms with Gasteiger partial charge in [-0.05, 0) is 26.0 Å². The second kappa shape index (κ2) is 3.52. The van der Waals surface area contributed by atoms with E-state index in [2.05, 4.69) is 18.8 Å². The number of rotatable bonds is 2. The van der Waals surface area contributed by atoms with Crippen LogP contribution in [0.3, 0.4) is 0 Å². The van der Waals surface area contributed by atoms with Gasteiger partial charge >= 0.3 is 0 Å². The fraction of sp³-hybridized carbons (Fsp3) is 0.444. The van der Waals surface area contributed by atoms with Crippen LogP contribution in [0, 0.1) is 5.95 Å². The maximum atomic E-state index is 12.4. The van der Waals surface area contributed by atoms with E-state index in [4.69, 9.17) is 0 Å². The third-order valence-corrected chi connectivity index (χ3v) is 1.89. The van der Waals surface area contributed by atoms with E-state index in [9.17, 15) is 4.39 Å². The highest BCUT2D eigenvalue weighted by atomic mass is 19.1. The van der Waals surface area contributed by atoms with Crippen molar-refractivity contribution >= 4 is 5.69 Å². The average Bonchev–Trinajstić information content (AvgIpc) is 2.04. The number of pyridine rings is 1. The molecule has 1 rings (SSSR count). The molecule has 1 aromatic heterocycles. The van der Waals surface area contributed by atoms with E-state index >= 15 is 0 Å². The number of anilines is 1. The molecule has 66 valence electrons. The van der Waals surface area contributed by atoms with Crippen molar-refractivity contribution < 1.29 is 4.39 Å². The summed E-state index contributed by atoms with van der Waals surface area (Å²) in [6.07, 6.45) is 1.54. The number of hydrogen-bond acceptors (Lipinski definition) is 2. The number of nitrogens with zero attached hydrogens (tertiary/aromatic N) is 2. The van der Waals surface area contributed by atoms with E-state index in [1.807, 2.05) is 11.9 Å². The van der Waals surface area contributed by atoms with Gasteiger partial charge in [-0.2, -0.15) is 4.39 Å². The maximum Gasteiger partial charge on any atom is 0.212 e. The summed E-state index contributed by atoms with van der Waals surface area (Å²) in [6.45, 7) is 4.15. The molecule has 1 aromatic rings. The Bertz CT molecular complexity index is 243. The third kappa shape index (κ3) is 1.94. The summed E-state index contributed by atoms with van der Waals surface area (Å²) >= 11 is 0. The number of halogens is 1. The molecule has 2 nitrogen and oxygen atoms in total. The molecule has 0 spiro atoms. The Hall–Kier alpha value is -1.12. The van der Waals surface area contributed by atoms with Gasteiger partial charge in [0.15, 0.2) is 0 Å². The van der Waals surface area contributed by atoms with Crippen LogP contribution >= 0.6 is 0 Å². The van der Waals surface area contributed by atoms with Crippen molar-refractivity contribution in [3.8, 4) is 0 Å². The van der Waals surface area contributed by atoms with Crippen molar-refractivity contribution in [2.24, 2.45) is 0 Å². The van der Waals surface area contributed by atoms with E-state index in [1.54, 1.807) is 6.07 Å². The van der Waals surface area contributed by atoms with Crippen molar-refractivity contribution in [1.29, 1.82) is 0 Å². The van der Waals surface area contributed by atoms with Crippen molar-refractivity contribution in [2.45, 2.75) is 19.9 Å². The molecule has 0 radical (unpaired) electrons. The Morgan fingerprint density at radius 3 is 2.50 bits per heavy atom. The van der Waals surface area contributed by atoms with Crippen LogP contribution in [0.15, 0.2) is 18.3 Å². The monoisotopic (exact) mass is 168 g/mol. The maximum absolute atomic E-state index is 12.4. The van der Waals surface area contributed by atoms with Gasteiger partial charge in [-0.15, -0.1) is 0 Å². The molecule has 0 aliphatic carbocycles. The summed E-state index contributed by atoms with van der Waals surface area (Å²) in [6, 6.07) is 3.49. The predicted octanol–water partition coefficient (Wildman–Crippen LogP) is 2.07. The lowest BCUT2D eigenvalue weighted by atomic mass is 10.3. The second-order valence-electron chi connectivity index (χ2n) is 3.04. The standard InChI is InChI=1S/C9H13FN2/c1-7(2)12(3)8-4-5-9(10)11-6-8/h4-7H,1-3H3. The van der Waals surface area contributed by atoms with E-state index in [0.717, 1.165) is 5.69 Å². The molecular formula is C9H13FN2. The van der Waals surface area contributed by atoms with Crippen molar-refractivity contribution in [3.05, 3.63) is 24.3 Å². The highest BCUT2D eigenvalue weighted by Crippen LogP contribution is 2.12. The summed E-state index contributed by atoms with van der Waals surface area (Å²) in [5, 5.41) is 0. The minimum Gasteiger partial charge on any atom is -0.371 e. The van der Waals surface area contributed by atoms with Crippen molar-refractivity contribution in [1.82, 2.24) is 4.98 Å². The van der Waals surface area contributed by atoms with Crippen LogP contribution in [0.25, 0.3) is 0 Å². The van der Waals surface area contributed by atoms with Gasteiger partial charge in [-0.1, -0.05) is 0 Å². The zero-order valence-electron chi connectivity index (χ0n) is 7.58. The molecule has 0 aliphatic heterocycles. The first-order chi connectivity index (χ1) is 5.61. The topological polar surface area (TPSA) is 16.1 Å². The zero-order valence-corrected chi connectivity index (χ0v) is 7.58. The number of aromatic nitrogens is 1. The highest BCUT2D eigenvalue weighted by Gasteiger charge is 2.04. The lowest BCUT2D eigenvalue weighted by Crippen LogP contribution is -2.25. The molecule has 0 amide bonds. The molecule has 1 heterocycles. The van der Waals surface area contributed by atoms with Crippen molar-refractivity contribution in [3.63, 3.8) is 0 Å². The Labute approximate surface area is 72.0 Å². The quantitative estimate of drug-likeness (QED) is 0.628. The SMILES string of the molecule is CC(C)N(C)c1ccc(F)nc1. The fourth-order valence-electron chi connectivity index (χ4n) is 0.875. The lowest BCUT2D eigenvalue weighted by Gasteiger charge is -2.22. The minimum atomic E-state index is -0.434. The molecule has 0 bridgehead atoms. The van der Waals surface area contributed by atoms with Crippen molar-refractivity contribution in [2.75, 3.05) is 11.9 Å². The van der Waals surface area contributed by atoms with Gasteiger partial charge in [0.25, 0.3) is 0 Å². The van der Waals surface area contributed by atoms with Crippen LogP contribution < -0.4 is 4.90 Å². The fourth-order valence-corrected chi connectivity index (χ4v) is 0.875. The third-order valence-electron chi connectivity index (χ3n) is 1.89. The number of hydrogen-bond donors (Lipinski definition) is 0. The van der Waals surface area contributed by atoms with Crippen LogP contribution in [0.2, 0.25) is 0 Å². The van der Waals surface area contributed by atoms with E-state index in [1.165, 1.54) is 12.3 Å². The van der Waals surface area contributed by atoms with E-state index in [0.29, 0.717) is 6.04 Å². The van der Waals surface area contributed by atoms with Crippen LogP contribution in [-0.2, 0) is 0 Å². The molecule has 0 saturated carbocycles. The van der Waals surface area contributed by atoms with Crippen LogP contribution in [0.4, 0.5) is 10.1 Å². The molecular weight excluding hydrogens is 155 g/mol. The van der Waals surface area contributed by atoms with Crippen LogP contribution in [0.5, 0.6) is 0 Å². The molecule has 3 heteroatoms. The Morgan fingerprint density at radius 1 is 1.42 bits per heavy atom. The van der Waals surface area contributed by atoms with E-state index in [-0.39, 0.29) is 0 Å².